The van der Waals surface area contributed by atoms with Gasteiger partial charge in [-0.3, -0.25) is 4.79 Å². The van der Waals surface area contributed by atoms with E-state index in [-0.39, 0.29) is 11.7 Å². The zero-order valence-corrected chi connectivity index (χ0v) is 18.7. The number of nitrogens with zero attached hydrogens (tertiary/aromatic N) is 3. The van der Waals surface area contributed by atoms with Crippen LogP contribution in [0.15, 0.2) is 60.7 Å². The van der Waals surface area contributed by atoms with Crippen molar-refractivity contribution in [2.24, 2.45) is 0 Å². The number of carbonyl (C=O) groups is 1. The average molecular weight is 431 g/mol. The Hall–Kier alpha value is -3.44. The van der Waals surface area contributed by atoms with Crippen molar-refractivity contribution in [2.75, 3.05) is 5.32 Å². The number of halogens is 1. The number of rotatable bonds is 4. The van der Waals surface area contributed by atoms with Gasteiger partial charge in [-0.15, -0.1) is 5.10 Å². The van der Waals surface area contributed by atoms with Gasteiger partial charge in [0.1, 0.15) is 0 Å². The summed E-state index contributed by atoms with van der Waals surface area (Å²) in [5, 5.41) is 8.08. The van der Waals surface area contributed by atoms with Gasteiger partial charge in [-0.2, -0.15) is 0 Å². The molecule has 0 aliphatic heterocycles. The molecule has 31 heavy (non-hydrogen) atoms. The van der Waals surface area contributed by atoms with Crippen molar-refractivity contribution in [3.8, 4) is 17.1 Å². The fraction of sp³-hybridized carbons (Fsp3) is 0.160. The third-order valence-corrected chi connectivity index (χ3v) is 5.38. The number of hydrogen-bond acceptors (Lipinski definition) is 3. The number of aromatic nitrogens is 3. The molecule has 0 aliphatic carbocycles. The van der Waals surface area contributed by atoms with E-state index in [4.69, 9.17) is 11.6 Å². The lowest BCUT2D eigenvalue weighted by Crippen LogP contribution is -2.15. The Labute approximate surface area is 186 Å². The number of benzene rings is 3. The van der Waals surface area contributed by atoms with Crippen LogP contribution in [-0.2, 0) is 0 Å². The van der Waals surface area contributed by atoms with E-state index < -0.39 is 0 Å². The van der Waals surface area contributed by atoms with Crippen molar-refractivity contribution in [1.29, 1.82) is 0 Å². The van der Waals surface area contributed by atoms with Gasteiger partial charge in [-0.1, -0.05) is 65.2 Å². The van der Waals surface area contributed by atoms with Gasteiger partial charge in [0.2, 0.25) is 5.82 Å². The van der Waals surface area contributed by atoms with Crippen molar-refractivity contribution >= 4 is 23.2 Å². The average Bonchev–Trinajstić information content (AvgIpc) is 3.18. The summed E-state index contributed by atoms with van der Waals surface area (Å²) in [4.78, 5) is 17.6. The third kappa shape index (κ3) is 4.37. The van der Waals surface area contributed by atoms with Gasteiger partial charge in [0.15, 0.2) is 5.82 Å². The molecule has 0 spiro atoms. The summed E-state index contributed by atoms with van der Waals surface area (Å²) >= 11 is 6.25. The molecule has 0 saturated heterocycles. The highest BCUT2D eigenvalue weighted by atomic mass is 35.5. The summed E-state index contributed by atoms with van der Waals surface area (Å²) in [6.45, 7) is 7.98. The summed E-state index contributed by atoms with van der Waals surface area (Å²) in [5.41, 5.74) is 6.62. The zero-order chi connectivity index (χ0) is 22.1. The molecule has 0 aliphatic rings. The second kappa shape index (κ2) is 8.36. The number of nitrogens with one attached hydrogen (secondary N) is 1. The second-order valence-corrected chi connectivity index (χ2v) is 8.18. The minimum atomic E-state index is -0.362. The van der Waals surface area contributed by atoms with Crippen molar-refractivity contribution < 1.29 is 4.79 Å². The van der Waals surface area contributed by atoms with Crippen LogP contribution >= 0.6 is 11.6 Å². The maximum Gasteiger partial charge on any atom is 0.295 e. The molecule has 0 unspecified atom stereocenters. The van der Waals surface area contributed by atoms with Crippen LogP contribution < -0.4 is 5.32 Å². The van der Waals surface area contributed by atoms with Crippen LogP contribution in [0.25, 0.3) is 17.1 Å². The summed E-state index contributed by atoms with van der Waals surface area (Å²) < 4.78 is 1.68. The van der Waals surface area contributed by atoms with Crippen LogP contribution in [0.2, 0.25) is 5.02 Å². The molecular weight excluding hydrogens is 408 g/mol. The van der Waals surface area contributed by atoms with Crippen LogP contribution in [0.3, 0.4) is 0 Å². The van der Waals surface area contributed by atoms with E-state index in [2.05, 4.69) is 15.4 Å². The number of carbonyl (C=O) groups excluding carboxylic acids is 1. The van der Waals surface area contributed by atoms with Gasteiger partial charge in [0.25, 0.3) is 5.91 Å². The zero-order valence-electron chi connectivity index (χ0n) is 17.9. The fourth-order valence-corrected chi connectivity index (χ4v) is 3.57. The Morgan fingerprint density at radius 2 is 1.58 bits per heavy atom. The van der Waals surface area contributed by atoms with Crippen molar-refractivity contribution in [3.63, 3.8) is 0 Å². The molecule has 0 radical (unpaired) electrons. The van der Waals surface area contributed by atoms with E-state index in [9.17, 15) is 4.79 Å². The molecule has 1 N–H and O–H groups in total. The molecule has 1 aromatic heterocycles. The number of hydrogen-bond donors (Lipinski definition) is 1. The monoisotopic (exact) mass is 430 g/mol. The van der Waals surface area contributed by atoms with Gasteiger partial charge in [-0.25, -0.2) is 9.67 Å². The highest BCUT2D eigenvalue weighted by molar-refractivity contribution is 6.30. The standard InChI is InChI=1S/C25H23ClN4O/c1-15-5-9-19(10-6-15)24-28-23(25(31)27-21-12-7-16(2)13-18(21)4)29-30(24)22-14-20(26)11-8-17(22)3/h5-14H,1-4H3,(H,27,31). The number of aryl methyl sites for hydroxylation is 4. The van der Waals surface area contributed by atoms with Crippen LogP contribution in [0.4, 0.5) is 5.69 Å². The Bertz CT molecular complexity index is 1280. The maximum absolute atomic E-state index is 13.0. The summed E-state index contributed by atoms with van der Waals surface area (Å²) in [6, 6.07) is 19.4. The normalized spacial score (nSPS) is 10.9. The van der Waals surface area contributed by atoms with Crippen molar-refractivity contribution in [2.45, 2.75) is 27.7 Å². The Balaban J connectivity index is 1.80. The van der Waals surface area contributed by atoms with Crippen LogP contribution in [0, 0.1) is 27.7 Å². The molecule has 0 atom stereocenters. The van der Waals surface area contributed by atoms with Gasteiger partial charge in [0, 0.05) is 16.3 Å². The molecular formula is C25H23ClN4O. The first-order chi connectivity index (χ1) is 14.8. The van der Waals surface area contributed by atoms with Crippen LogP contribution in [0.1, 0.15) is 32.9 Å². The predicted octanol–water partition coefficient (Wildman–Crippen LogP) is 6.07. The van der Waals surface area contributed by atoms with E-state index >= 15 is 0 Å². The second-order valence-electron chi connectivity index (χ2n) is 7.74. The first-order valence-corrected chi connectivity index (χ1v) is 10.4. The van der Waals surface area contributed by atoms with Crippen molar-refractivity contribution in [1.82, 2.24) is 14.8 Å². The minimum Gasteiger partial charge on any atom is -0.319 e. The van der Waals surface area contributed by atoms with E-state index in [0.29, 0.717) is 10.8 Å². The lowest BCUT2D eigenvalue weighted by atomic mass is 10.1. The molecule has 3 aromatic carbocycles. The Morgan fingerprint density at radius 3 is 2.29 bits per heavy atom. The smallest absolute Gasteiger partial charge is 0.295 e. The van der Waals surface area contributed by atoms with Gasteiger partial charge in [0.05, 0.1) is 5.69 Å². The highest BCUT2D eigenvalue weighted by Crippen LogP contribution is 2.26. The molecule has 156 valence electrons. The molecule has 6 heteroatoms. The lowest BCUT2D eigenvalue weighted by molar-refractivity contribution is 0.101. The minimum absolute atomic E-state index is 0.0925. The molecule has 4 aromatic rings. The van der Waals surface area contributed by atoms with Gasteiger partial charge in [-0.05, 0) is 57.0 Å². The maximum atomic E-state index is 13.0. The van der Waals surface area contributed by atoms with E-state index in [1.54, 1.807) is 4.68 Å². The first kappa shape index (κ1) is 20.8. The van der Waals surface area contributed by atoms with Crippen molar-refractivity contribution in [3.05, 3.63) is 93.8 Å². The highest BCUT2D eigenvalue weighted by Gasteiger charge is 2.20. The molecule has 1 heterocycles. The quantitative estimate of drug-likeness (QED) is 0.427. The van der Waals surface area contributed by atoms with Crippen LogP contribution in [0.5, 0.6) is 0 Å². The molecule has 5 nitrogen and oxygen atoms in total. The first-order valence-electron chi connectivity index (χ1n) is 10.0. The molecule has 0 saturated carbocycles. The molecule has 1 amide bonds. The van der Waals surface area contributed by atoms with Crippen LogP contribution in [-0.4, -0.2) is 20.7 Å². The van der Waals surface area contributed by atoms with Gasteiger partial charge < -0.3 is 5.32 Å². The fourth-order valence-electron chi connectivity index (χ4n) is 3.41. The van der Waals surface area contributed by atoms with E-state index in [0.717, 1.165) is 39.2 Å². The predicted molar refractivity (Wildman–Crippen MR) is 125 cm³/mol. The SMILES string of the molecule is Cc1ccc(-c2nc(C(=O)Nc3ccc(C)cc3C)nn2-c2cc(Cl)ccc2C)cc1. The van der Waals surface area contributed by atoms with E-state index in [1.165, 1.54) is 0 Å². The van der Waals surface area contributed by atoms with E-state index in [1.807, 2.05) is 88.4 Å². The summed E-state index contributed by atoms with van der Waals surface area (Å²) in [6.07, 6.45) is 0. The summed E-state index contributed by atoms with van der Waals surface area (Å²) in [7, 11) is 0. The number of amides is 1. The van der Waals surface area contributed by atoms with Gasteiger partial charge >= 0.3 is 0 Å². The Morgan fingerprint density at radius 1 is 0.871 bits per heavy atom. The molecule has 4 rings (SSSR count). The Kier molecular flexibility index (Phi) is 5.61. The lowest BCUT2D eigenvalue weighted by Gasteiger charge is -2.10. The summed E-state index contributed by atoms with van der Waals surface area (Å²) in [5.74, 6) is 0.310. The molecule has 0 bridgehead atoms. The topological polar surface area (TPSA) is 59.8 Å². The largest absolute Gasteiger partial charge is 0.319 e. The third-order valence-electron chi connectivity index (χ3n) is 5.15. The number of anilines is 1. The molecule has 0 fully saturated rings.